The van der Waals surface area contributed by atoms with Crippen molar-refractivity contribution in [1.82, 2.24) is 29.9 Å². The zero-order chi connectivity index (χ0) is 28.5. The molecule has 200 valence electrons. The van der Waals surface area contributed by atoms with Crippen LogP contribution in [0.2, 0.25) is 0 Å². The van der Waals surface area contributed by atoms with Crippen LogP contribution in [0.1, 0.15) is 77.9 Å². The van der Waals surface area contributed by atoms with E-state index < -0.39 is 0 Å². The van der Waals surface area contributed by atoms with Crippen molar-refractivity contribution in [3.63, 3.8) is 0 Å². The number of aryl methyl sites for hydroxylation is 4. The molecule has 0 amide bonds. The molecule has 0 aliphatic heterocycles. The zero-order valence-corrected chi connectivity index (χ0v) is 24.8. The summed E-state index contributed by atoms with van der Waals surface area (Å²) in [5, 5.41) is 0. The Morgan fingerprint density at radius 3 is 1.17 bits per heavy atom. The van der Waals surface area contributed by atoms with Gasteiger partial charge in [0.25, 0.3) is 0 Å². The molecule has 0 N–H and O–H groups in total. The van der Waals surface area contributed by atoms with Crippen molar-refractivity contribution in [2.75, 3.05) is 0 Å². The molecule has 4 rings (SSSR count). The monoisotopic (exact) mass is 494 g/mol. The lowest BCUT2D eigenvalue weighted by molar-refractivity contribution is 1.12. The fourth-order valence-corrected chi connectivity index (χ4v) is 1.64. The lowest BCUT2D eigenvalue weighted by Gasteiger charge is -1.82. The maximum atomic E-state index is 3.98. The Morgan fingerprint density at radius 2 is 0.944 bits per heavy atom. The molecule has 6 nitrogen and oxygen atoms in total. The Hall–Kier alpha value is -3.54. The van der Waals surface area contributed by atoms with Crippen LogP contribution >= 0.6 is 0 Å². The Kier molecular flexibility index (Phi) is 39.7. The van der Waals surface area contributed by atoms with Crippen LogP contribution in [0.15, 0.2) is 86.2 Å². The summed E-state index contributed by atoms with van der Waals surface area (Å²) in [6.45, 7) is 23.9. The van der Waals surface area contributed by atoms with E-state index in [4.69, 9.17) is 0 Å². The highest BCUT2D eigenvalue weighted by Gasteiger charge is 1.76. The molecular formula is C30H50N6. The molecular weight excluding hydrogens is 444 g/mol. The second-order valence-electron chi connectivity index (χ2n) is 5.76. The molecule has 0 radical (unpaired) electrons. The molecule has 0 saturated carbocycles. The molecule has 0 aromatic carbocycles. The van der Waals surface area contributed by atoms with Crippen molar-refractivity contribution >= 4 is 0 Å². The van der Waals surface area contributed by atoms with Crippen molar-refractivity contribution in [3.8, 4) is 0 Å². The molecule has 0 aliphatic rings. The van der Waals surface area contributed by atoms with Crippen molar-refractivity contribution in [2.45, 2.75) is 83.1 Å². The van der Waals surface area contributed by atoms with Crippen LogP contribution < -0.4 is 0 Å². The summed E-state index contributed by atoms with van der Waals surface area (Å²) < 4.78 is 0. The summed E-state index contributed by atoms with van der Waals surface area (Å²) in [6, 6.07) is 9.80. The highest BCUT2D eigenvalue weighted by atomic mass is 14.8. The number of rotatable bonds is 0. The number of pyridine rings is 2. The largest absolute Gasteiger partial charge is 0.264 e. The average Bonchev–Trinajstić information content (AvgIpc) is 2.96. The molecule has 4 aromatic rings. The fraction of sp³-hybridized carbons (Fsp3) is 0.400. The van der Waals surface area contributed by atoms with Gasteiger partial charge >= 0.3 is 0 Å². The first-order valence-electron chi connectivity index (χ1n) is 12.8. The van der Waals surface area contributed by atoms with Crippen LogP contribution in [0.4, 0.5) is 0 Å². The van der Waals surface area contributed by atoms with Crippen molar-refractivity contribution < 1.29 is 0 Å². The van der Waals surface area contributed by atoms with Gasteiger partial charge in [-0.2, -0.15) is 0 Å². The maximum Gasteiger partial charge on any atom is 0.115 e. The molecule has 0 bridgehead atoms. The van der Waals surface area contributed by atoms with Gasteiger partial charge in [0.15, 0.2) is 0 Å². The molecule has 0 aliphatic carbocycles. The first kappa shape index (κ1) is 39.7. The van der Waals surface area contributed by atoms with E-state index in [-0.39, 0.29) is 0 Å². The van der Waals surface area contributed by atoms with Crippen LogP contribution in [0.5, 0.6) is 0 Å². The number of nitrogens with zero attached hydrogens (tertiary/aromatic N) is 6. The van der Waals surface area contributed by atoms with E-state index in [2.05, 4.69) is 29.9 Å². The molecule has 0 spiro atoms. The van der Waals surface area contributed by atoms with Gasteiger partial charge in [0.05, 0.1) is 5.69 Å². The summed E-state index contributed by atoms with van der Waals surface area (Å²) in [7, 11) is 0. The molecule has 0 atom stereocenters. The van der Waals surface area contributed by atoms with E-state index in [1.807, 2.05) is 120 Å². The Bertz CT molecular complexity index is 693. The van der Waals surface area contributed by atoms with Gasteiger partial charge in [-0.3, -0.25) is 19.9 Å². The maximum absolute atomic E-state index is 3.98. The third-order valence-corrected chi connectivity index (χ3v) is 3.00. The van der Waals surface area contributed by atoms with Crippen molar-refractivity contribution in [1.29, 1.82) is 0 Å². The van der Waals surface area contributed by atoms with Gasteiger partial charge in [-0.1, -0.05) is 67.5 Å². The molecule has 0 fully saturated rings. The highest BCUT2D eigenvalue weighted by Crippen LogP contribution is 1.88. The lowest BCUT2D eigenvalue weighted by atomic mass is 10.3. The molecule has 36 heavy (non-hydrogen) atoms. The third-order valence-electron chi connectivity index (χ3n) is 3.00. The van der Waals surface area contributed by atoms with Gasteiger partial charge in [0.2, 0.25) is 0 Å². The first-order chi connectivity index (χ1) is 17.6. The predicted octanol–water partition coefficient (Wildman–Crippen LogP) is 8.45. The van der Waals surface area contributed by atoms with Gasteiger partial charge in [-0.15, -0.1) is 0 Å². The standard InChI is InChI=1S/2C6H7N.2C5H6N2.4C2H6/c1-6-3-2-4-7-5-6;1-6-4-2-3-5-7-6;1-5-2-6-4-7-3-5;1-5-4-6-2-3-7-5;4*1-2/h2*2-5H,1H3;2*2-4H,1H3;4*1-2H3. The van der Waals surface area contributed by atoms with Crippen LogP contribution in [0.25, 0.3) is 0 Å². The van der Waals surface area contributed by atoms with Crippen LogP contribution in [0, 0.1) is 27.7 Å². The first-order valence-corrected chi connectivity index (χ1v) is 12.8. The van der Waals surface area contributed by atoms with Crippen LogP contribution in [-0.2, 0) is 0 Å². The van der Waals surface area contributed by atoms with E-state index in [1.54, 1.807) is 43.4 Å². The normalized spacial score (nSPS) is 7.44. The smallest absolute Gasteiger partial charge is 0.115 e. The van der Waals surface area contributed by atoms with E-state index in [0.717, 1.165) is 17.0 Å². The SMILES string of the molecule is CC.CC.CC.CC.Cc1ccccn1.Cc1cccnc1.Cc1cnccn1.Cc1cncnc1. The highest BCUT2D eigenvalue weighted by molar-refractivity contribution is 5.04. The summed E-state index contributed by atoms with van der Waals surface area (Å²) in [4.78, 5) is 23.1. The number of hydrogen-bond donors (Lipinski definition) is 0. The fourth-order valence-electron chi connectivity index (χ4n) is 1.64. The minimum Gasteiger partial charge on any atom is -0.264 e. The topological polar surface area (TPSA) is 77.3 Å². The summed E-state index contributed by atoms with van der Waals surface area (Å²) in [5.41, 5.74) is 4.34. The van der Waals surface area contributed by atoms with Gasteiger partial charge in [-0.25, -0.2) is 9.97 Å². The second kappa shape index (κ2) is 36.0. The molecule has 0 saturated heterocycles. The van der Waals surface area contributed by atoms with Gasteiger partial charge in [-0.05, 0) is 57.0 Å². The molecule has 4 heterocycles. The third kappa shape index (κ3) is 32.6. The quantitative estimate of drug-likeness (QED) is 0.244. The molecule has 4 aromatic heterocycles. The predicted molar refractivity (Wildman–Crippen MR) is 157 cm³/mol. The van der Waals surface area contributed by atoms with E-state index in [1.165, 1.54) is 11.9 Å². The van der Waals surface area contributed by atoms with E-state index in [9.17, 15) is 0 Å². The average molecular weight is 495 g/mol. The van der Waals surface area contributed by atoms with E-state index >= 15 is 0 Å². The van der Waals surface area contributed by atoms with Gasteiger partial charge < -0.3 is 0 Å². The number of aromatic nitrogens is 6. The van der Waals surface area contributed by atoms with Crippen molar-refractivity contribution in [2.24, 2.45) is 0 Å². The Balaban J connectivity index is -0.000000173. The van der Waals surface area contributed by atoms with Gasteiger partial charge in [0.1, 0.15) is 6.33 Å². The summed E-state index contributed by atoms with van der Waals surface area (Å²) >= 11 is 0. The molecule has 6 heteroatoms. The van der Waals surface area contributed by atoms with Crippen LogP contribution in [0.3, 0.4) is 0 Å². The minimum atomic E-state index is 0.961. The number of hydrogen-bond acceptors (Lipinski definition) is 6. The second-order valence-corrected chi connectivity index (χ2v) is 5.76. The van der Waals surface area contributed by atoms with Crippen LogP contribution in [-0.4, -0.2) is 29.9 Å². The Morgan fingerprint density at radius 1 is 0.417 bits per heavy atom. The molecule has 0 unspecified atom stereocenters. The van der Waals surface area contributed by atoms with E-state index in [0.29, 0.717) is 0 Å². The minimum absolute atomic E-state index is 0.961. The summed E-state index contributed by atoms with van der Waals surface area (Å²) in [5.74, 6) is 0. The zero-order valence-electron chi connectivity index (χ0n) is 24.8. The van der Waals surface area contributed by atoms with Crippen molar-refractivity contribution in [3.05, 3.63) is 109 Å². The Labute approximate surface area is 221 Å². The summed E-state index contributed by atoms with van der Waals surface area (Å²) in [6.07, 6.45) is 15.5. The lowest BCUT2D eigenvalue weighted by Crippen LogP contribution is -1.77. The van der Waals surface area contributed by atoms with Gasteiger partial charge in [0, 0.05) is 55.3 Å².